The van der Waals surface area contributed by atoms with Crippen molar-refractivity contribution in [3.63, 3.8) is 0 Å². The summed E-state index contributed by atoms with van der Waals surface area (Å²) >= 11 is 10.3. The molecule has 4 aromatic carbocycles. The number of halogens is 1. The van der Waals surface area contributed by atoms with E-state index in [1.165, 1.54) is 42.2 Å². The fourth-order valence-electron chi connectivity index (χ4n) is 4.37. The van der Waals surface area contributed by atoms with Gasteiger partial charge in [0.2, 0.25) is 0 Å². The average molecular weight is 518 g/mol. The molecule has 0 bridgehead atoms. The SMILES string of the molecule is CCCc1ccc2c(c1N(C)C)N(Cl)c1ccccc1S2.c1ccc2c(c1)Nc1ccccc1S2. The lowest BCUT2D eigenvalue weighted by Crippen LogP contribution is -2.18. The van der Waals surface area contributed by atoms with Crippen LogP contribution in [-0.4, -0.2) is 14.1 Å². The third-order valence-corrected chi connectivity index (χ3v) is 8.54. The average Bonchev–Trinajstić information content (AvgIpc) is 2.88. The predicted octanol–water partition coefficient (Wildman–Crippen LogP) is 9.36. The van der Waals surface area contributed by atoms with Crippen LogP contribution in [0.2, 0.25) is 0 Å². The Morgan fingerprint density at radius 1 is 0.743 bits per heavy atom. The summed E-state index contributed by atoms with van der Waals surface area (Å²) in [6, 6.07) is 29.5. The number of benzene rings is 4. The van der Waals surface area contributed by atoms with Gasteiger partial charge in [-0.05, 0) is 54.4 Å². The van der Waals surface area contributed by atoms with Gasteiger partial charge < -0.3 is 10.2 Å². The minimum absolute atomic E-state index is 1.06. The van der Waals surface area contributed by atoms with Gasteiger partial charge in [-0.3, -0.25) is 0 Å². The molecule has 0 saturated carbocycles. The van der Waals surface area contributed by atoms with Crippen LogP contribution in [0.15, 0.2) is 105 Å². The summed E-state index contributed by atoms with van der Waals surface area (Å²) in [6.45, 7) is 2.21. The van der Waals surface area contributed by atoms with Crippen molar-refractivity contribution in [1.82, 2.24) is 0 Å². The molecular formula is C29H28ClN3S2. The number of anilines is 5. The molecule has 0 spiro atoms. The van der Waals surface area contributed by atoms with Gasteiger partial charge in [0.1, 0.15) is 0 Å². The molecule has 2 heterocycles. The Labute approximate surface area is 221 Å². The molecule has 3 nitrogen and oxygen atoms in total. The molecule has 35 heavy (non-hydrogen) atoms. The van der Waals surface area contributed by atoms with E-state index >= 15 is 0 Å². The fourth-order valence-corrected chi connectivity index (χ4v) is 6.85. The molecule has 2 aliphatic rings. The van der Waals surface area contributed by atoms with E-state index in [1.54, 1.807) is 11.8 Å². The van der Waals surface area contributed by atoms with Crippen LogP contribution in [0.1, 0.15) is 18.9 Å². The molecule has 0 aliphatic carbocycles. The molecule has 0 saturated heterocycles. The summed E-state index contributed by atoms with van der Waals surface area (Å²) in [7, 11) is 4.18. The van der Waals surface area contributed by atoms with Crippen LogP contribution in [0.4, 0.5) is 28.4 Å². The molecule has 0 aromatic heterocycles. The fraction of sp³-hybridized carbons (Fsp3) is 0.172. The van der Waals surface area contributed by atoms with Crippen LogP contribution < -0.4 is 14.6 Å². The molecule has 6 rings (SSSR count). The highest BCUT2D eigenvalue weighted by Gasteiger charge is 2.27. The van der Waals surface area contributed by atoms with Gasteiger partial charge in [0.15, 0.2) is 0 Å². The molecule has 6 heteroatoms. The Bertz CT molecular complexity index is 1270. The highest BCUT2D eigenvalue weighted by atomic mass is 35.5. The first-order valence-electron chi connectivity index (χ1n) is 11.8. The molecule has 178 valence electrons. The van der Waals surface area contributed by atoms with E-state index in [2.05, 4.69) is 110 Å². The summed E-state index contributed by atoms with van der Waals surface area (Å²) in [5, 5.41) is 3.42. The van der Waals surface area contributed by atoms with Crippen LogP contribution in [0.5, 0.6) is 0 Å². The van der Waals surface area contributed by atoms with Crippen LogP contribution in [0.25, 0.3) is 0 Å². The summed E-state index contributed by atoms with van der Waals surface area (Å²) < 4.78 is 1.82. The normalized spacial score (nSPS) is 12.7. The van der Waals surface area contributed by atoms with Crippen LogP contribution in [0, 0.1) is 0 Å². The zero-order chi connectivity index (χ0) is 24.4. The van der Waals surface area contributed by atoms with Gasteiger partial charge in [0, 0.05) is 45.5 Å². The van der Waals surface area contributed by atoms with E-state index in [1.807, 2.05) is 22.2 Å². The first-order valence-corrected chi connectivity index (χ1v) is 13.7. The molecule has 4 aromatic rings. The second-order valence-electron chi connectivity index (χ2n) is 8.63. The summed E-state index contributed by atoms with van der Waals surface area (Å²) in [6.07, 6.45) is 2.20. The maximum atomic E-state index is 6.69. The number of rotatable bonds is 3. The van der Waals surface area contributed by atoms with Crippen molar-refractivity contribution in [1.29, 1.82) is 0 Å². The summed E-state index contributed by atoms with van der Waals surface area (Å²) in [5.74, 6) is 0. The van der Waals surface area contributed by atoms with Gasteiger partial charge in [0.05, 0.1) is 28.4 Å². The van der Waals surface area contributed by atoms with Gasteiger partial charge in [-0.15, -0.1) is 0 Å². The summed E-state index contributed by atoms with van der Waals surface area (Å²) in [4.78, 5) is 7.19. The number of hydrogen-bond donors (Lipinski definition) is 1. The van der Waals surface area contributed by atoms with E-state index in [0.717, 1.165) is 24.2 Å². The number of nitrogens with zero attached hydrogens (tertiary/aromatic N) is 2. The minimum atomic E-state index is 1.06. The first kappa shape index (κ1) is 24.0. The lowest BCUT2D eigenvalue weighted by molar-refractivity contribution is 0.909. The number of nitrogens with one attached hydrogen (secondary N) is 1. The third-order valence-electron chi connectivity index (χ3n) is 5.92. The highest BCUT2D eigenvalue weighted by Crippen LogP contribution is 2.53. The van der Waals surface area contributed by atoms with E-state index in [0.29, 0.717) is 0 Å². The van der Waals surface area contributed by atoms with Gasteiger partial charge in [-0.1, -0.05) is 79.3 Å². The molecule has 0 fully saturated rings. The Hall–Kier alpha value is -2.73. The predicted molar refractivity (Wildman–Crippen MR) is 154 cm³/mol. The Morgan fingerprint density at radius 3 is 1.94 bits per heavy atom. The molecular weight excluding hydrogens is 490 g/mol. The minimum Gasteiger partial charge on any atom is -0.376 e. The Morgan fingerprint density at radius 2 is 1.31 bits per heavy atom. The zero-order valence-corrected chi connectivity index (χ0v) is 22.5. The van der Waals surface area contributed by atoms with Gasteiger partial charge in [0.25, 0.3) is 0 Å². The lowest BCUT2D eigenvalue weighted by Gasteiger charge is -2.32. The van der Waals surface area contributed by atoms with Crippen molar-refractivity contribution in [3.8, 4) is 0 Å². The highest BCUT2D eigenvalue weighted by molar-refractivity contribution is 8.00. The van der Waals surface area contributed by atoms with E-state index in [4.69, 9.17) is 11.8 Å². The smallest absolute Gasteiger partial charge is 0.0957 e. The van der Waals surface area contributed by atoms with Gasteiger partial charge >= 0.3 is 0 Å². The van der Waals surface area contributed by atoms with E-state index in [9.17, 15) is 0 Å². The largest absolute Gasteiger partial charge is 0.376 e. The van der Waals surface area contributed by atoms with Gasteiger partial charge in [-0.25, -0.2) is 4.42 Å². The Balaban J connectivity index is 0.000000156. The lowest BCUT2D eigenvalue weighted by atomic mass is 10.1. The molecule has 2 aliphatic heterocycles. The number of hydrogen-bond acceptors (Lipinski definition) is 5. The van der Waals surface area contributed by atoms with E-state index in [-0.39, 0.29) is 0 Å². The van der Waals surface area contributed by atoms with Crippen molar-refractivity contribution < 1.29 is 0 Å². The molecule has 0 amide bonds. The van der Waals surface area contributed by atoms with Crippen LogP contribution >= 0.6 is 35.3 Å². The monoisotopic (exact) mass is 517 g/mol. The number of aryl methyl sites for hydroxylation is 1. The molecule has 0 unspecified atom stereocenters. The second-order valence-corrected chi connectivity index (χ2v) is 11.1. The second kappa shape index (κ2) is 10.5. The van der Waals surface area contributed by atoms with Crippen molar-refractivity contribution >= 4 is 63.7 Å². The van der Waals surface area contributed by atoms with Crippen LogP contribution in [0.3, 0.4) is 0 Å². The molecule has 1 N–H and O–H groups in total. The van der Waals surface area contributed by atoms with Crippen molar-refractivity contribution in [2.45, 2.75) is 39.3 Å². The van der Waals surface area contributed by atoms with Crippen LogP contribution in [-0.2, 0) is 6.42 Å². The number of fused-ring (bicyclic) bond motifs is 4. The van der Waals surface area contributed by atoms with Crippen molar-refractivity contribution in [2.75, 3.05) is 28.7 Å². The quantitative estimate of drug-likeness (QED) is 0.239. The van der Waals surface area contributed by atoms with Crippen molar-refractivity contribution in [2.24, 2.45) is 0 Å². The molecule has 0 atom stereocenters. The van der Waals surface area contributed by atoms with Crippen molar-refractivity contribution in [3.05, 3.63) is 90.5 Å². The zero-order valence-electron chi connectivity index (χ0n) is 20.1. The third kappa shape index (κ3) is 4.86. The standard InChI is InChI=1S/C17H19ClN2S.C12H9NS/c1-4-7-12-10-11-15-17(16(12)19(2)3)20(18)13-8-5-6-9-14(13)21-15;1-3-7-11-9(5-1)13-10-6-2-4-8-12(10)14-11/h5-6,8-11H,4,7H2,1-3H3;1-8,13H. The summed E-state index contributed by atoms with van der Waals surface area (Å²) in [5.41, 5.74) is 7.16. The first-order chi connectivity index (χ1) is 17.1. The van der Waals surface area contributed by atoms with E-state index < -0.39 is 0 Å². The number of para-hydroxylation sites is 3. The topological polar surface area (TPSA) is 18.5 Å². The maximum Gasteiger partial charge on any atom is 0.0957 e. The molecule has 0 radical (unpaired) electrons. The maximum absolute atomic E-state index is 6.69. The Kier molecular flexibility index (Phi) is 7.19. The van der Waals surface area contributed by atoms with Gasteiger partial charge in [-0.2, -0.15) is 0 Å².